The number of hydrogen-bond donors (Lipinski definition) is 2. The van der Waals surface area contributed by atoms with Crippen molar-refractivity contribution < 1.29 is 9.84 Å². The Morgan fingerprint density at radius 1 is 1.56 bits per heavy atom. The van der Waals surface area contributed by atoms with Crippen LogP contribution in [-0.2, 0) is 11.3 Å². The molecule has 100 valence electrons. The van der Waals surface area contributed by atoms with Gasteiger partial charge in [-0.1, -0.05) is 6.07 Å². The van der Waals surface area contributed by atoms with Crippen molar-refractivity contribution in [2.24, 2.45) is 0 Å². The number of aromatic nitrogens is 1. The molecule has 2 N–H and O–H groups in total. The number of nitrogens with zero attached hydrogens (tertiary/aromatic N) is 2. The molecular formula is C13H21N3O2. The molecule has 0 aliphatic carbocycles. The molecule has 0 aromatic carbocycles. The number of nitrogens with one attached hydrogen (secondary N) is 1. The van der Waals surface area contributed by atoms with Gasteiger partial charge in [0.2, 0.25) is 0 Å². The largest absolute Gasteiger partial charge is 0.394 e. The van der Waals surface area contributed by atoms with Crippen LogP contribution in [0.15, 0.2) is 18.3 Å². The average molecular weight is 251 g/mol. The van der Waals surface area contributed by atoms with E-state index in [4.69, 9.17) is 4.74 Å². The Hall–Kier alpha value is -1.17. The highest BCUT2D eigenvalue weighted by molar-refractivity contribution is 5.41. The Labute approximate surface area is 108 Å². The van der Waals surface area contributed by atoms with Crippen LogP contribution in [0.4, 0.5) is 5.82 Å². The highest BCUT2D eigenvalue weighted by Gasteiger charge is 2.26. The molecule has 0 radical (unpaired) electrons. The number of pyridine rings is 1. The van der Waals surface area contributed by atoms with E-state index in [0.29, 0.717) is 13.2 Å². The first-order valence-electron chi connectivity index (χ1n) is 6.33. The standard InChI is InChI=1S/C13H21N3O2/c1-10-9-18-12(8-17)7-16(10)13-4-3-11(5-14-2)6-15-13/h3-4,6,10,12,14,17H,5,7-9H2,1-2H3. The molecule has 2 rings (SSSR count). The van der Waals surface area contributed by atoms with Gasteiger partial charge in [0.05, 0.1) is 25.4 Å². The number of aliphatic hydroxyl groups is 1. The fourth-order valence-electron chi connectivity index (χ4n) is 2.14. The van der Waals surface area contributed by atoms with E-state index in [-0.39, 0.29) is 18.8 Å². The highest BCUT2D eigenvalue weighted by Crippen LogP contribution is 2.19. The normalized spacial score (nSPS) is 24.3. The Balaban J connectivity index is 2.08. The van der Waals surface area contributed by atoms with Crippen LogP contribution in [0.25, 0.3) is 0 Å². The number of ether oxygens (including phenoxy) is 1. The summed E-state index contributed by atoms with van der Waals surface area (Å²) in [7, 11) is 1.92. The molecule has 18 heavy (non-hydrogen) atoms. The topological polar surface area (TPSA) is 57.6 Å². The van der Waals surface area contributed by atoms with Crippen LogP contribution in [0.5, 0.6) is 0 Å². The van der Waals surface area contributed by atoms with Gasteiger partial charge in [-0.05, 0) is 25.6 Å². The van der Waals surface area contributed by atoms with Crippen LogP contribution in [-0.4, -0.2) is 49.0 Å². The molecular weight excluding hydrogens is 230 g/mol. The van der Waals surface area contributed by atoms with Crippen molar-refractivity contribution >= 4 is 5.82 Å². The molecule has 2 heterocycles. The summed E-state index contributed by atoms with van der Waals surface area (Å²) in [5, 5.41) is 12.3. The summed E-state index contributed by atoms with van der Waals surface area (Å²) in [5.41, 5.74) is 1.17. The minimum atomic E-state index is -0.111. The number of morpholine rings is 1. The lowest BCUT2D eigenvalue weighted by Crippen LogP contribution is -2.49. The number of aliphatic hydroxyl groups excluding tert-OH is 1. The first-order valence-corrected chi connectivity index (χ1v) is 6.33. The molecule has 5 nitrogen and oxygen atoms in total. The van der Waals surface area contributed by atoms with Gasteiger partial charge in [-0.25, -0.2) is 4.98 Å². The third kappa shape index (κ3) is 2.98. The van der Waals surface area contributed by atoms with Crippen molar-refractivity contribution in [1.29, 1.82) is 0 Å². The molecule has 2 atom stereocenters. The van der Waals surface area contributed by atoms with Crippen molar-refractivity contribution in [3.63, 3.8) is 0 Å². The molecule has 2 unspecified atom stereocenters. The summed E-state index contributed by atoms with van der Waals surface area (Å²) in [6.07, 6.45) is 1.78. The Kier molecular flexibility index (Phi) is 4.52. The zero-order chi connectivity index (χ0) is 13.0. The van der Waals surface area contributed by atoms with Crippen molar-refractivity contribution in [3.8, 4) is 0 Å². The van der Waals surface area contributed by atoms with Gasteiger partial charge in [0.25, 0.3) is 0 Å². The van der Waals surface area contributed by atoms with Crippen LogP contribution in [0, 0.1) is 0 Å². The smallest absolute Gasteiger partial charge is 0.128 e. The summed E-state index contributed by atoms with van der Waals surface area (Å²) in [5.74, 6) is 0.948. The van der Waals surface area contributed by atoms with E-state index in [1.807, 2.05) is 19.3 Å². The van der Waals surface area contributed by atoms with Gasteiger partial charge in [-0.2, -0.15) is 0 Å². The summed E-state index contributed by atoms with van der Waals surface area (Å²) >= 11 is 0. The van der Waals surface area contributed by atoms with E-state index in [1.165, 1.54) is 5.56 Å². The van der Waals surface area contributed by atoms with Crippen LogP contribution < -0.4 is 10.2 Å². The number of rotatable bonds is 4. The first kappa shape index (κ1) is 13.3. The zero-order valence-electron chi connectivity index (χ0n) is 11.0. The molecule has 1 aliphatic rings. The molecule has 0 amide bonds. The Bertz CT molecular complexity index is 369. The van der Waals surface area contributed by atoms with Crippen molar-refractivity contribution in [1.82, 2.24) is 10.3 Å². The third-order valence-corrected chi connectivity index (χ3v) is 3.19. The van der Waals surface area contributed by atoms with E-state index in [0.717, 1.165) is 12.4 Å². The molecule has 0 bridgehead atoms. The maximum atomic E-state index is 9.18. The molecule has 0 spiro atoms. The van der Waals surface area contributed by atoms with Gasteiger partial charge in [-0.15, -0.1) is 0 Å². The highest BCUT2D eigenvalue weighted by atomic mass is 16.5. The van der Waals surface area contributed by atoms with Crippen LogP contribution in [0.3, 0.4) is 0 Å². The van der Waals surface area contributed by atoms with Gasteiger partial charge in [-0.3, -0.25) is 0 Å². The Morgan fingerprint density at radius 2 is 2.39 bits per heavy atom. The summed E-state index contributed by atoms with van der Waals surface area (Å²) in [4.78, 5) is 6.68. The zero-order valence-corrected chi connectivity index (χ0v) is 11.0. The lowest BCUT2D eigenvalue weighted by molar-refractivity contribution is -0.0105. The second kappa shape index (κ2) is 6.13. The fraction of sp³-hybridized carbons (Fsp3) is 0.615. The van der Waals surface area contributed by atoms with E-state index >= 15 is 0 Å². The Morgan fingerprint density at radius 3 is 3.00 bits per heavy atom. The minimum Gasteiger partial charge on any atom is -0.394 e. The molecule has 5 heteroatoms. The summed E-state index contributed by atoms with van der Waals surface area (Å²) in [6.45, 7) is 4.31. The average Bonchev–Trinajstić information content (AvgIpc) is 2.41. The quantitative estimate of drug-likeness (QED) is 0.810. The molecule has 1 aromatic heterocycles. The van der Waals surface area contributed by atoms with Crippen molar-refractivity contribution in [2.45, 2.75) is 25.6 Å². The predicted octanol–water partition coefficient (Wildman–Crippen LogP) is 0.387. The molecule has 1 fully saturated rings. The lowest BCUT2D eigenvalue weighted by atomic mass is 10.2. The molecule has 1 aromatic rings. The maximum Gasteiger partial charge on any atom is 0.128 e. The van der Waals surface area contributed by atoms with Crippen LogP contribution >= 0.6 is 0 Å². The van der Waals surface area contributed by atoms with Gasteiger partial charge >= 0.3 is 0 Å². The second-order valence-corrected chi connectivity index (χ2v) is 4.69. The van der Waals surface area contributed by atoms with Crippen LogP contribution in [0.1, 0.15) is 12.5 Å². The van der Waals surface area contributed by atoms with E-state index in [9.17, 15) is 5.11 Å². The minimum absolute atomic E-state index is 0.0566. The number of anilines is 1. The SMILES string of the molecule is CNCc1ccc(N2CC(CO)OCC2C)nc1. The van der Waals surface area contributed by atoms with E-state index in [1.54, 1.807) is 0 Å². The second-order valence-electron chi connectivity index (χ2n) is 4.69. The van der Waals surface area contributed by atoms with Gasteiger partial charge in [0, 0.05) is 19.3 Å². The van der Waals surface area contributed by atoms with Crippen molar-refractivity contribution in [2.75, 3.05) is 31.7 Å². The molecule has 0 saturated carbocycles. The third-order valence-electron chi connectivity index (χ3n) is 3.19. The summed E-state index contributed by atoms with van der Waals surface area (Å²) < 4.78 is 5.52. The van der Waals surface area contributed by atoms with E-state index in [2.05, 4.69) is 28.2 Å². The van der Waals surface area contributed by atoms with Gasteiger partial charge in [0.15, 0.2) is 0 Å². The fourth-order valence-corrected chi connectivity index (χ4v) is 2.14. The number of hydrogen-bond acceptors (Lipinski definition) is 5. The van der Waals surface area contributed by atoms with E-state index < -0.39 is 0 Å². The summed E-state index contributed by atoms with van der Waals surface area (Å²) in [6, 6.07) is 4.40. The maximum absolute atomic E-state index is 9.18. The predicted molar refractivity (Wildman–Crippen MR) is 70.6 cm³/mol. The van der Waals surface area contributed by atoms with Gasteiger partial charge < -0.3 is 20.1 Å². The van der Waals surface area contributed by atoms with Gasteiger partial charge in [0.1, 0.15) is 5.82 Å². The first-order chi connectivity index (χ1) is 8.74. The molecule has 1 aliphatic heterocycles. The van der Waals surface area contributed by atoms with Crippen molar-refractivity contribution in [3.05, 3.63) is 23.9 Å². The lowest BCUT2D eigenvalue weighted by Gasteiger charge is -2.38. The van der Waals surface area contributed by atoms with Crippen LogP contribution in [0.2, 0.25) is 0 Å². The molecule has 1 saturated heterocycles. The monoisotopic (exact) mass is 251 g/mol.